The minimum Gasteiger partial charge on any atom is -0.311 e. The fraction of sp³-hybridized carbons (Fsp3) is 0.0141. The van der Waals surface area contributed by atoms with Gasteiger partial charge >= 0.3 is 0 Å². The first-order chi connectivity index (χ1) is 36.7. The van der Waals surface area contributed by atoms with Crippen molar-refractivity contribution in [2.75, 3.05) is 9.80 Å². The van der Waals surface area contributed by atoms with Crippen LogP contribution in [0, 0.1) is 0 Å². The van der Waals surface area contributed by atoms with E-state index in [4.69, 9.17) is 0 Å². The molecule has 0 N–H and O–H groups in total. The van der Waals surface area contributed by atoms with Gasteiger partial charge in [-0.15, -0.1) is 0 Å². The highest BCUT2D eigenvalue weighted by Crippen LogP contribution is 2.57. The largest absolute Gasteiger partial charge is 0.311 e. The molecule has 348 valence electrons. The fourth-order valence-corrected chi connectivity index (χ4v) is 11.9. The Bertz CT molecular complexity index is 4080. The smallest absolute Gasteiger partial charge is 0.0713 e. The summed E-state index contributed by atoms with van der Waals surface area (Å²) in [5, 5.41) is 4.77. The summed E-state index contributed by atoms with van der Waals surface area (Å²) >= 11 is 0. The lowest BCUT2D eigenvalue weighted by molar-refractivity contribution is 0.770. The number of para-hydroxylation sites is 2. The normalized spacial score (nSPS) is 12.4. The van der Waals surface area contributed by atoms with Crippen molar-refractivity contribution in [1.82, 2.24) is 4.57 Å². The van der Waals surface area contributed by atoms with Gasteiger partial charge in [0.2, 0.25) is 0 Å². The van der Waals surface area contributed by atoms with Gasteiger partial charge in [-0.05, 0) is 158 Å². The molecular weight excluding hydrogens is 895 g/mol. The molecule has 0 fully saturated rings. The summed E-state index contributed by atoms with van der Waals surface area (Å²) in [5.74, 6) is 0. The Hall–Kier alpha value is -9.70. The molecule has 1 aromatic heterocycles. The zero-order chi connectivity index (χ0) is 49.0. The maximum atomic E-state index is 2.50. The number of nitrogens with zero attached hydrogens (tertiary/aromatic N) is 3. The van der Waals surface area contributed by atoms with Gasteiger partial charge in [-0.25, -0.2) is 0 Å². The summed E-state index contributed by atoms with van der Waals surface area (Å²) in [6.45, 7) is 0. The maximum absolute atomic E-state index is 2.50. The topological polar surface area (TPSA) is 11.4 Å². The first-order valence-corrected chi connectivity index (χ1v) is 25.5. The van der Waals surface area contributed by atoms with Gasteiger partial charge in [0, 0.05) is 50.6 Å². The van der Waals surface area contributed by atoms with E-state index in [1.165, 1.54) is 66.1 Å². The second-order valence-corrected chi connectivity index (χ2v) is 19.3. The zero-order valence-corrected chi connectivity index (χ0v) is 40.6. The molecular formula is C71H49N3. The maximum Gasteiger partial charge on any atom is 0.0713 e. The summed E-state index contributed by atoms with van der Waals surface area (Å²) in [5.41, 5.74) is 19.4. The van der Waals surface area contributed by atoms with Crippen molar-refractivity contribution in [3.05, 3.63) is 320 Å². The van der Waals surface area contributed by atoms with E-state index >= 15 is 0 Å². The molecule has 1 aliphatic carbocycles. The molecule has 13 aromatic rings. The average Bonchev–Trinajstić information content (AvgIpc) is 4.03. The van der Waals surface area contributed by atoms with Crippen molar-refractivity contribution in [1.29, 1.82) is 0 Å². The van der Waals surface area contributed by atoms with Crippen LogP contribution in [-0.2, 0) is 5.41 Å². The molecule has 14 rings (SSSR count). The molecule has 0 radical (unpaired) electrons. The lowest BCUT2D eigenvalue weighted by Gasteiger charge is -2.34. The van der Waals surface area contributed by atoms with Gasteiger partial charge in [0.1, 0.15) is 0 Å². The fourth-order valence-electron chi connectivity index (χ4n) is 11.9. The Morgan fingerprint density at radius 3 is 1.34 bits per heavy atom. The minimum atomic E-state index is -0.549. The van der Waals surface area contributed by atoms with Gasteiger partial charge in [0.05, 0.1) is 16.4 Å². The van der Waals surface area contributed by atoms with Crippen LogP contribution in [0.1, 0.15) is 22.3 Å². The highest BCUT2D eigenvalue weighted by molar-refractivity contribution is 6.11. The van der Waals surface area contributed by atoms with Crippen molar-refractivity contribution >= 4 is 66.7 Å². The molecule has 3 heteroatoms. The Morgan fingerprint density at radius 2 is 0.703 bits per heavy atom. The Kier molecular flexibility index (Phi) is 10.4. The molecule has 12 aromatic carbocycles. The van der Waals surface area contributed by atoms with Gasteiger partial charge in [-0.2, -0.15) is 0 Å². The van der Waals surface area contributed by atoms with E-state index in [9.17, 15) is 0 Å². The monoisotopic (exact) mass is 943 g/mol. The molecule has 0 atom stereocenters. The summed E-state index contributed by atoms with van der Waals surface area (Å²) < 4.78 is 2.46. The summed E-state index contributed by atoms with van der Waals surface area (Å²) in [6.07, 6.45) is 0. The lowest BCUT2D eigenvalue weighted by Crippen LogP contribution is -2.28. The van der Waals surface area contributed by atoms with E-state index in [0.29, 0.717) is 0 Å². The number of anilines is 6. The van der Waals surface area contributed by atoms with Crippen LogP contribution >= 0.6 is 0 Å². The van der Waals surface area contributed by atoms with Crippen molar-refractivity contribution in [3.8, 4) is 27.9 Å². The molecule has 74 heavy (non-hydrogen) atoms. The number of hydrogen-bond donors (Lipinski definition) is 0. The van der Waals surface area contributed by atoms with Crippen LogP contribution in [0.25, 0.3) is 60.5 Å². The second kappa shape index (κ2) is 17.9. The van der Waals surface area contributed by atoms with Gasteiger partial charge < -0.3 is 14.4 Å². The number of rotatable bonds is 10. The van der Waals surface area contributed by atoms with E-state index in [1.807, 2.05) is 0 Å². The third-order valence-corrected chi connectivity index (χ3v) is 15.2. The quantitative estimate of drug-likeness (QED) is 0.135. The molecule has 0 saturated carbocycles. The third-order valence-electron chi connectivity index (χ3n) is 15.2. The predicted molar refractivity (Wildman–Crippen MR) is 310 cm³/mol. The van der Waals surface area contributed by atoms with E-state index < -0.39 is 5.41 Å². The lowest BCUT2D eigenvalue weighted by atomic mass is 9.67. The molecule has 0 unspecified atom stereocenters. The van der Waals surface area contributed by atoms with E-state index in [2.05, 4.69) is 312 Å². The van der Waals surface area contributed by atoms with E-state index in [0.717, 1.165) is 50.8 Å². The highest BCUT2D eigenvalue weighted by atomic mass is 15.1. The SMILES string of the molecule is c1ccc(-c2ccc(N(c3ccc4ccccc4c3)c3ccc4c(c3)c3cc(C5(c6ccccc6)c6ccccc6-c6ccccc65)ccc3n4-c3ccc(N(c4ccccc4)c4ccccc4)cc3)cc2)cc1. The summed E-state index contributed by atoms with van der Waals surface area (Å²) in [4.78, 5) is 4.74. The highest BCUT2D eigenvalue weighted by Gasteiger charge is 2.46. The van der Waals surface area contributed by atoms with E-state index in [1.54, 1.807) is 0 Å². The molecule has 0 spiro atoms. The molecule has 1 heterocycles. The summed E-state index contributed by atoms with van der Waals surface area (Å²) in [7, 11) is 0. The Morgan fingerprint density at radius 1 is 0.270 bits per heavy atom. The number of aromatic nitrogens is 1. The van der Waals surface area contributed by atoms with Gasteiger partial charge in [0.15, 0.2) is 0 Å². The van der Waals surface area contributed by atoms with Crippen LogP contribution in [0.4, 0.5) is 34.1 Å². The Labute approximate surface area is 431 Å². The molecule has 1 aliphatic rings. The van der Waals surface area contributed by atoms with Gasteiger partial charge in [0.25, 0.3) is 0 Å². The van der Waals surface area contributed by atoms with Crippen molar-refractivity contribution in [2.24, 2.45) is 0 Å². The van der Waals surface area contributed by atoms with Crippen molar-refractivity contribution < 1.29 is 0 Å². The molecule has 0 bridgehead atoms. The van der Waals surface area contributed by atoms with Crippen LogP contribution in [0.3, 0.4) is 0 Å². The standard InChI is InChI=1S/C71H49N3/c1-5-19-50(20-6-1)52-33-37-58(38-34-52)73(61-39-35-51-21-13-14-22-53(51)47-61)62-44-46-70-66(49-62)65-48-55(71(54-23-7-2-8-24-54)67-31-17-15-29-63(67)64-30-16-18-32-68(64)71)36-45-69(65)74(70)60-42-40-59(41-43-60)72(56-25-9-3-10-26-56)57-27-11-4-12-28-57/h1-49H. The molecule has 3 nitrogen and oxygen atoms in total. The number of benzene rings is 12. The minimum absolute atomic E-state index is 0.549. The zero-order valence-electron chi connectivity index (χ0n) is 40.6. The third kappa shape index (κ3) is 7.04. The molecule has 0 amide bonds. The average molecular weight is 944 g/mol. The molecule has 0 saturated heterocycles. The predicted octanol–water partition coefficient (Wildman–Crippen LogP) is 18.9. The molecule has 0 aliphatic heterocycles. The number of hydrogen-bond acceptors (Lipinski definition) is 2. The first kappa shape index (κ1) is 43.1. The van der Waals surface area contributed by atoms with Crippen LogP contribution in [0.5, 0.6) is 0 Å². The number of fused-ring (bicyclic) bond motifs is 7. The first-order valence-electron chi connectivity index (χ1n) is 25.5. The van der Waals surface area contributed by atoms with E-state index in [-0.39, 0.29) is 0 Å². The Balaban J connectivity index is 1.01. The van der Waals surface area contributed by atoms with Crippen molar-refractivity contribution in [3.63, 3.8) is 0 Å². The second-order valence-electron chi connectivity index (χ2n) is 19.3. The van der Waals surface area contributed by atoms with Gasteiger partial charge in [-0.3, -0.25) is 0 Å². The van der Waals surface area contributed by atoms with Crippen LogP contribution in [0.2, 0.25) is 0 Å². The summed E-state index contributed by atoms with van der Waals surface area (Å²) in [6, 6.07) is 109. The van der Waals surface area contributed by atoms with Crippen LogP contribution in [-0.4, -0.2) is 4.57 Å². The van der Waals surface area contributed by atoms with Crippen LogP contribution < -0.4 is 9.80 Å². The van der Waals surface area contributed by atoms with Gasteiger partial charge in [-0.1, -0.05) is 194 Å². The van der Waals surface area contributed by atoms with Crippen LogP contribution in [0.15, 0.2) is 297 Å². The van der Waals surface area contributed by atoms with Crippen molar-refractivity contribution in [2.45, 2.75) is 5.41 Å².